The Bertz CT molecular complexity index is 975. The predicted octanol–water partition coefficient (Wildman–Crippen LogP) is 2.17. The molecule has 1 heterocycles. The summed E-state index contributed by atoms with van der Waals surface area (Å²) < 4.78 is 0. The zero-order valence-corrected chi connectivity index (χ0v) is 16.6. The first-order chi connectivity index (χ1) is 13.9. The summed E-state index contributed by atoms with van der Waals surface area (Å²) in [5, 5.41) is 3.17. The van der Waals surface area contributed by atoms with Gasteiger partial charge in [0.1, 0.15) is 5.84 Å². The fraction of sp³-hybridized carbons (Fsp3) is 0.227. The maximum atomic E-state index is 11.7. The van der Waals surface area contributed by atoms with Gasteiger partial charge in [-0.25, -0.2) is 4.99 Å². The van der Waals surface area contributed by atoms with Crippen LogP contribution in [0.1, 0.15) is 23.7 Å². The zero-order valence-electron chi connectivity index (χ0n) is 16.6. The van der Waals surface area contributed by atoms with Crippen molar-refractivity contribution < 1.29 is 9.59 Å². The van der Waals surface area contributed by atoms with Gasteiger partial charge in [0.2, 0.25) is 11.8 Å². The van der Waals surface area contributed by atoms with Crippen LogP contribution in [0.5, 0.6) is 0 Å². The van der Waals surface area contributed by atoms with Crippen LogP contribution in [0.25, 0.3) is 11.1 Å². The smallest absolute Gasteiger partial charge is 0.248 e. The summed E-state index contributed by atoms with van der Waals surface area (Å²) in [4.78, 5) is 29.2. The van der Waals surface area contributed by atoms with Crippen LogP contribution in [0, 0.1) is 0 Å². The average Bonchev–Trinajstić information content (AvgIpc) is 2.73. The van der Waals surface area contributed by atoms with E-state index < -0.39 is 5.91 Å². The van der Waals surface area contributed by atoms with E-state index in [-0.39, 0.29) is 5.91 Å². The van der Waals surface area contributed by atoms with Gasteiger partial charge in [-0.2, -0.15) is 0 Å². The average molecular weight is 391 g/mol. The number of aliphatic imine (C=N–C) groups is 1. The molecular formula is C22H25N5O2. The Hall–Kier alpha value is -3.61. The molecule has 5 N–H and O–H groups in total. The highest BCUT2D eigenvalue weighted by atomic mass is 16.2. The van der Waals surface area contributed by atoms with E-state index in [1.165, 1.54) is 0 Å². The lowest BCUT2D eigenvalue weighted by Gasteiger charge is -2.29. The van der Waals surface area contributed by atoms with Gasteiger partial charge in [0.25, 0.3) is 0 Å². The molecular weight excluding hydrogens is 366 g/mol. The van der Waals surface area contributed by atoms with Crippen molar-refractivity contribution in [2.75, 3.05) is 20.1 Å². The quantitative estimate of drug-likeness (QED) is 0.535. The van der Waals surface area contributed by atoms with E-state index in [4.69, 9.17) is 11.5 Å². The number of hydrogen-bond acceptors (Lipinski definition) is 4. The van der Waals surface area contributed by atoms with Crippen molar-refractivity contribution in [3.8, 4) is 11.1 Å². The van der Waals surface area contributed by atoms with Crippen molar-refractivity contribution in [1.29, 1.82) is 0 Å². The van der Waals surface area contributed by atoms with Gasteiger partial charge in [-0.3, -0.25) is 9.59 Å². The van der Waals surface area contributed by atoms with Crippen molar-refractivity contribution in [1.82, 2.24) is 10.2 Å². The normalized spacial score (nSPS) is 14.7. The number of amides is 2. The molecule has 2 amide bonds. The molecule has 0 radical (unpaired) electrons. The fourth-order valence-corrected chi connectivity index (χ4v) is 3.31. The molecule has 0 bridgehead atoms. The standard InChI is InChI=1S/C22H25N5O2/c1-14(28)27-12-11-20(25-2)19(13-27)21(23)26-18-9-7-16(8-10-18)15-3-5-17(6-4-15)22(24)29/h3-10,25H,11-13H2,1-2H3,(H2,23,26)(H2,24,29). The summed E-state index contributed by atoms with van der Waals surface area (Å²) in [6.45, 7) is 2.68. The molecule has 0 spiro atoms. The Balaban J connectivity index is 1.82. The van der Waals surface area contributed by atoms with Gasteiger partial charge in [-0.1, -0.05) is 24.3 Å². The minimum atomic E-state index is -0.446. The summed E-state index contributed by atoms with van der Waals surface area (Å²) in [6, 6.07) is 14.8. The third-order valence-corrected chi connectivity index (χ3v) is 5.02. The highest BCUT2D eigenvalue weighted by Crippen LogP contribution is 2.24. The lowest BCUT2D eigenvalue weighted by atomic mass is 10.0. The molecule has 0 aliphatic carbocycles. The van der Waals surface area contributed by atoms with Gasteiger partial charge in [-0.05, 0) is 35.4 Å². The number of nitrogens with two attached hydrogens (primary N) is 2. The van der Waals surface area contributed by atoms with Crippen LogP contribution < -0.4 is 16.8 Å². The molecule has 0 aromatic heterocycles. The van der Waals surface area contributed by atoms with Crippen molar-refractivity contribution in [2.45, 2.75) is 13.3 Å². The summed E-state index contributed by atoms with van der Waals surface area (Å²) in [7, 11) is 1.85. The van der Waals surface area contributed by atoms with Gasteiger partial charge in [0.05, 0.1) is 12.2 Å². The Labute approximate surface area is 170 Å². The molecule has 29 heavy (non-hydrogen) atoms. The van der Waals surface area contributed by atoms with Crippen molar-refractivity contribution >= 4 is 23.3 Å². The Kier molecular flexibility index (Phi) is 5.97. The first kappa shape index (κ1) is 20.1. The molecule has 0 unspecified atom stereocenters. The molecule has 1 aliphatic rings. The third kappa shape index (κ3) is 4.63. The molecule has 2 aromatic carbocycles. The molecule has 3 rings (SSSR count). The van der Waals surface area contributed by atoms with Crippen molar-refractivity contribution in [3.05, 3.63) is 65.4 Å². The largest absolute Gasteiger partial charge is 0.391 e. The lowest BCUT2D eigenvalue weighted by Crippen LogP contribution is -2.40. The van der Waals surface area contributed by atoms with Gasteiger partial charge in [0, 0.05) is 43.8 Å². The van der Waals surface area contributed by atoms with Crippen LogP contribution in [0.4, 0.5) is 5.69 Å². The molecule has 0 saturated heterocycles. The Morgan fingerprint density at radius 1 is 1.00 bits per heavy atom. The summed E-state index contributed by atoms with van der Waals surface area (Å²) in [5.74, 6) is -0.0194. The minimum Gasteiger partial charge on any atom is -0.391 e. The van der Waals surface area contributed by atoms with Crippen LogP contribution in [-0.4, -0.2) is 42.7 Å². The summed E-state index contributed by atoms with van der Waals surface area (Å²) in [5.41, 5.74) is 16.6. The van der Waals surface area contributed by atoms with Gasteiger partial charge in [-0.15, -0.1) is 0 Å². The van der Waals surface area contributed by atoms with Crippen LogP contribution in [0.15, 0.2) is 64.8 Å². The first-order valence-corrected chi connectivity index (χ1v) is 9.39. The topological polar surface area (TPSA) is 114 Å². The number of primary amides is 1. The van der Waals surface area contributed by atoms with E-state index in [0.29, 0.717) is 24.5 Å². The van der Waals surface area contributed by atoms with Crippen LogP contribution >= 0.6 is 0 Å². The number of nitrogens with one attached hydrogen (secondary N) is 1. The van der Waals surface area contributed by atoms with Crippen LogP contribution in [0.3, 0.4) is 0 Å². The number of benzene rings is 2. The second-order valence-electron chi connectivity index (χ2n) is 6.88. The van der Waals surface area contributed by atoms with Crippen molar-refractivity contribution in [2.24, 2.45) is 16.5 Å². The maximum Gasteiger partial charge on any atom is 0.248 e. The number of nitrogens with zero attached hydrogens (tertiary/aromatic N) is 2. The number of amidine groups is 1. The number of hydrogen-bond donors (Lipinski definition) is 3. The van der Waals surface area contributed by atoms with E-state index in [9.17, 15) is 9.59 Å². The highest BCUT2D eigenvalue weighted by Gasteiger charge is 2.22. The number of carbonyl (C=O) groups excluding carboxylic acids is 2. The first-order valence-electron chi connectivity index (χ1n) is 9.39. The van der Waals surface area contributed by atoms with Crippen LogP contribution in [0.2, 0.25) is 0 Å². The Morgan fingerprint density at radius 2 is 1.59 bits per heavy atom. The summed E-state index contributed by atoms with van der Waals surface area (Å²) in [6.07, 6.45) is 0.724. The zero-order chi connectivity index (χ0) is 21.0. The molecule has 7 nitrogen and oxygen atoms in total. The van der Waals surface area contributed by atoms with E-state index in [1.54, 1.807) is 24.0 Å². The molecule has 150 valence electrons. The second kappa shape index (κ2) is 8.60. The van der Waals surface area contributed by atoms with E-state index in [2.05, 4.69) is 10.3 Å². The fourth-order valence-electron chi connectivity index (χ4n) is 3.31. The van der Waals surface area contributed by atoms with Gasteiger partial charge < -0.3 is 21.7 Å². The summed E-state index contributed by atoms with van der Waals surface area (Å²) >= 11 is 0. The maximum absolute atomic E-state index is 11.7. The van der Waals surface area contributed by atoms with E-state index >= 15 is 0 Å². The van der Waals surface area contributed by atoms with E-state index in [1.807, 2.05) is 43.4 Å². The highest BCUT2D eigenvalue weighted by molar-refractivity contribution is 6.00. The third-order valence-electron chi connectivity index (χ3n) is 5.02. The van der Waals surface area contributed by atoms with Gasteiger partial charge >= 0.3 is 0 Å². The monoisotopic (exact) mass is 391 g/mol. The second-order valence-corrected chi connectivity index (χ2v) is 6.88. The SMILES string of the molecule is CNC1=C(C(N)=Nc2ccc(-c3ccc(C(N)=O)cc3)cc2)CN(C(C)=O)CC1. The van der Waals surface area contributed by atoms with Crippen LogP contribution in [-0.2, 0) is 4.79 Å². The van der Waals surface area contributed by atoms with E-state index in [0.717, 1.165) is 34.5 Å². The number of carbonyl (C=O) groups is 2. The van der Waals surface area contributed by atoms with Crippen molar-refractivity contribution in [3.63, 3.8) is 0 Å². The molecule has 7 heteroatoms. The molecule has 0 saturated carbocycles. The molecule has 0 atom stereocenters. The number of rotatable bonds is 5. The lowest BCUT2D eigenvalue weighted by molar-refractivity contribution is -0.128. The van der Waals surface area contributed by atoms with Gasteiger partial charge in [0.15, 0.2) is 0 Å². The molecule has 2 aromatic rings. The minimum absolute atomic E-state index is 0.0251. The molecule has 0 fully saturated rings. The Morgan fingerprint density at radius 3 is 2.10 bits per heavy atom. The predicted molar refractivity (Wildman–Crippen MR) is 115 cm³/mol. The molecule has 1 aliphatic heterocycles.